The molecule has 184 valence electrons. The molecule has 0 aliphatic carbocycles. The molecule has 34 heavy (non-hydrogen) atoms. The Morgan fingerprint density at radius 1 is 0.971 bits per heavy atom. The van der Waals surface area contributed by atoms with Crippen molar-refractivity contribution in [1.82, 2.24) is 10.6 Å². The predicted octanol–water partition coefficient (Wildman–Crippen LogP) is 5.38. The number of carbonyl (C=O) groups is 1. The molecule has 0 unspecified atom stereocenters. The van der Waals surface area contributed by atoms with E-state index in [1.807, 2.05) is 32.9 Å². The van der Waals surface area contributed by atoms with Gasteiger partial charge in [0.05, 0.1) is 6.61 Å². The van der Waals surface area contributed by atoms with Crippen molar-refractivity contribution in [3.05, 3.63) is 71.2 Å². The van der Waals surface area contributed by atoms with Crippen LogP contribution >= 0.6 is 0 Å². The smallest absolute Gasteiger partial charge is 0.407 e. The molecular formula is C27H35FN2O4. The topological polar surface area (TPSA) is 72.7 Å². The van der Waals surface area contributed by atoms with Crippen LogP contribution in [0.3, 0.4) is 0 Å². The summed E-state index contributed by atoms with van der Waals surface area (Å²) in [7, 11) is 0. The van der Waals surface area contributed by atoms with Crippen LogP contribution in [0.15, 0.2) is 52.9 Å². The van der Waals surface area contributed by atoms with Crippen LogP contribution in [0.4, 0.5) is 9.18 Å². The number of amides is 1. The van der Waals surface area contributed by atoms with Crippen molar-refractivity contribution >= 4 is 17.1 Å². The van der Waals surface area contributed by atoms with Crippen LogP contribution in [-0.4, -0.2) is 38.0 Å². The fourth-order valence-corrected chi connectivity index (χ4v) is 3.44. The molecule has 0 atom stereocenters. The van der Waals surface area contributed by atoms with Crippen LogP contribution in [0.5, 0.6) is 0 Å². The van der Waals surface area contributed by atoms with Crippen molar-refractivity contribution in [3.63, 3.8) is 0 Å². The lowest BCUT2D eigenvalue weighted by Gasteiger charge is -2.19. The maximum atomic E-state index is 13.0. The standard InChI is InChI=1S/C27H35FN2O4/c1-27(2,3)34-26(31)30-13-4-15-32-16-14-29-19-21-5-9-22-18-24(33-25(22)17-21)12-8-20-6-10-23(28)11-7-20/h5-7,9-11,17-18,29H,4,8,12-16,19H2,1-3H3,(H,30,31). The Morgan fingerprint density at radius 2 is 1.74 bits per heavy atom. The zero-order valence-electron chi connectivity index (χ0n) is 20.3. The maximum Gasteiger partial charge on any atom is 0.407 e. The van der Waals surface area contributed by atoms with Crippen LogP contribution in [0.2, 0.25) is 0 Å². The lowest BCUT2D eigenvalue weighted by Crippen LogP contribution is -2.33. The fraction of sp³-hybridized carbons (Fsp3) is 0.444. The number of hydrogen-bond donors (Lipinski definition) is 2. The molecule has 0 aliphatic rings. The average molecular weight is 471 g/mol. The third-order valence-corrected chi connectivity index (χ3v) is 5.09. The number of carbonyl (C=O) groups excluding carboxylic acids is 1. The maximum absolute atomic E-state index is 13.0. The van der Waals surface area contributed by atoms with E-state index in [1.54, 1.807) is 0 Å². The van der Waals surface area contributed by atoms with E-state index in [-0.39, 0.29) is 5.82 Å². The number of aryl methyl sites for hydroxylation is 2. The van der Waals surface area contributed by atoms with E-state index in [0.29, 0.717) is 19.8 Å². The third kappa shape index (κ3) is 9.15. The van der Waals surface area contributed by atoms with Crippen LogP contribution in [0, 0.1) is 5.82 Å². The molecular weight excluding hydrogens is 435 g/mol. The van der Waals surface area contributed by atoms with E-state index in [4.69, 9.17) is 13.9 Å². The normalized spacial score (nSPS) is 11.6. The van der Waals surface area contributed by atoms with Gasteiger partial charge in [-0.3, -0.25) is 0 Å². The number of nitrogens with one attached hydrogen (secondary N) is 2. The number of halogens is 1. The summed E-state index contributed by atoms with van der Waals surface area (Å²) in [6.45, 7) is 8.68. The Bertz CT molecular complexity index is 1040. The van der Waals surface area contributed by atoms with Gasteiger partial charge in [0.1, 0.15) is 22.8 Å². The number of benzene rings is 2. The molecule has 2 N–H and O–H groups in total. The largest absolute Gasteiger partial charge is 0.461 e. The highest BCUT2D eigenvalue weighted by Gasteiger charge is 2.15. The molecule has 0 radical (unpaired) electrons. The van der Waals surface area contributed by atoms with Crippen LogP contribution in [0.1, 0.15) is 44.1 Å². The lowest BCUT2D eigenvalue weighted by atomic mass is 10.1. The Balaban J connectivity index is 1.29. The van der Waals surface area contributed by atoms with Gasteiger partial charge in [0, 0.05) is 38.0 Å². The summed E-state index contributed by atoms with van der Waals surface area (Å²) in [5, 5.41) is 7.17. The molecule has 2 aromatic carbocycles. The summed E-state index contributed by atoms with van der Waals surface area (Å²) >= 11 is 0. The molecule has 3 rings (SSSR count). The third-order valence-electron chi connectivity index (χ3n) is 5.09. The van der Waals surface area contributed by atoms with E-state index in [9.17, 15) is 9.18 Å². The Hall–Kier alpha value is -2.90. The van der Waals surface area contributed by atoms with Gasteiger partial charge in [-0.25, -0.2) is 9.18 Å². The number of furan rings is 1. The molecule has 1 heterocycles. The van der Waals surface area contributed by atoms with Gasteiger partial charge in [-0.15, -0.1) is 0 Å². The summed E-state index contributed by atoms with van der Waals surface area (Å²) < 4.78 is 29.8. The van der Waals surface area contributed by atoms with Gasteiger partial charge >= 0.3 is 6.09 Å². The fourth-order valence-electron chi connectivity index (χ4n) is 3.44. The lowest BCUT2D eigenvalue weighted by molar-refractivity contribution is 0.0520. The van der Waals surface area contributed by atoms with Gasteiger partial charge in [-0.05, 0) is 69.0 Å². The number of ether oxygens (including phenoxy) is 2. The second kappa shape index (κ2) is 12.5. The first-order valence-corrected chi connectivity index (χ1v) is 11.8. The first-order valence-electron chi connectivity index (χ1n) is 11.8. The quantitative estimate of drug-likeness (QED) is 0.348. The minimum absolute atomic E-state index is 0.215. The number of hydrogen-bond acceptors (Lipinski definition) is 5. The summed E-state index contributed by atoms with van der Waals surface area (Å²) in [4.78, 5) is 11.5. The van der Waals surface area contributed by atoms with E-state index < -0.39 is 11.7 Å². The van der Waals surface area contributed by atoms with Crippen molar-refractivity contribution in [2.45, 2.75) is 52.2 Å². The predicted molar refractivity (Wildman–Crippen MR) is 131 cm³/mol. The summed E-state index contributed by atoms with van der Waals surface area (Å²) in [5.41, 5.74) is 2.63. The SMILES string of the molecule is CC(C)(C)OC(=O)NCCCOCCNCc1ccc2cc(CCc3ccc(F)cc3)oc2c1. The van der Waals surface area contributed by atoms with Gasteiger partial charge < -0.3 is 24.5 Å². The zero-order chi connectivity index (χ0) is 24.4. The monoisotopic (exact) mass is 470 g/mol. The van der Waals surface area contributed by atoms with E-state index in [0.717, 1.165) is 60.2 Å². The highest BCUT2D eigenvalue weighted by Crippen LogP contribution is 2.22. The van der Waals surface area contributed by atoms with Crippen molar-refractivity contribution in [1.29, 1.82) is 0 Å². The summed E-state index contributed by atoms with van der Waals surface area (Å²) in [5.74, 6) is 0.715. The molecule has 1 amide bonds. The van der Waals surface area contributed by atoms with Crippen LogP contribution in [-0.2, 0) is 28.9 Å². The minimum Gasteiger partial charge on any atom is -0.461 e. The van der Waals surface area contributed by atoms with Crippen molar-refractivity contribution in [3.8, 4) is 0 Å². The van der Waals surface area contributed by atoms with Gasteiger partial charge in [0.15, 0.2) is 0 Å². The Kier molecular flexibility index (Phi) is 9.48. The first-order chi connectivity index (χ1) is 16.3. The molecule has 7 heteroatoms. The molecule has 0 bridgehead atoms. The van der Waals surface area contributed by atoms with Gasteiger partial charge in [0.2, 0.25) is 0 Å². The van der Waals surface area contributed by atoms with Gasteiger partial charge in [0.25, 0.3) is 0 Å². The second-order valence-electron chi connectivity index (χ2n) is 9.28. The van der Waals surface area contributed by atoms with Crippen LogP contribution < -0.4 is 10.6 Å². The van der Waals surface area contributed by atoms with E-state index in [2.05, 4.69) is 34.9 Å². The van der Waals surface area contributed by atoms with E-state index >= 15 is 0 Å². The Labute approximate surface area is 200 Å². The molecule has 0 saturated carbocycles. The first kappa shape index (κ1) is 25.7. The number of fused-ring (bicyclic) bond motifs is 1. The number of rotatable bonds is 12. The molecule has 1 aromatic heterocycles. The molecule has 3 aromatic rings. The van der Waals surface area contributed by atoms with Crippen molar-refractivity contribution in [2.24, 2.45) is 0 Å². The average Bonchev–Trinajstić information content (AvgIpc) is 3.18. The van der Waals surface area contributed by atoms with Gasteiger partial charge in [-0.1, -0.05) is 24.3 Å². The van der Waals surface area contributed by atoms with E-state index in [1.165, 1.54) is 12.1 Å². The van der Waals surface area contributed by atoms with Crippen LogP contribution in [0.25, 0.3) is 11.0 Å². The second-order valence-corrected chi connectivity index (χ2v) is 9.28. The molecule has 0 aliphatic heterocycles. The van der Waals surface area contributed by atoms with Gasteiger partial charge in [-0.2, -0.15) is 0 Å². The highest BCUT2D eigenvalue weighted by atomic mass is 19.1. The highest BCUT2D eigenvalue weighted by molar-refractivity contribution is 5.78. The molecule has 0 saturated heterocycles. The number of alkyl carbamates (subject to hydrolysis) is 1. The Morgan fingerprint density at radius 3 is 2.50 bits per heavy atom. The molecule has 0 fully saturated rings. The summed E-state index contributed by atoms with van der Waals surface area (Å²) in [6, 6.07) is 14.9. The molecule has 6 nitrogen and oxygen atoms in total. The van der Waals surface area contributed by atoms with Crippen molar-refractivity contribution in [2.75, 3.05) is 26.3 Å². The minimum atomic E-state index is -0.485. The van der Waals surface area contributed by atoms with Crippen molar-refractivity contribution < 1.29 is 23.1 Å². The zero-order valence-corrected chi connectivity index (χ0v) is 20.3. The summed E-state index contributed by atoms with van der Waals surface area (Å²) in [6.07, 6.45) is 1.92. The molecule has 0 spiro atoms.